The van der Waals surface area contributed by atoms with Crippen molar-refractivity contribution in [2.45, 2.75) is 31.1 Å². The zero-order valence-electron chi connectivity index (χ0n) is 12.3. The molecule has 0 bridgehead atoms. The lowest BCUT2D eigenvalue weighted by atomic mass is 9.99. The van der Waals surface area contributed by atoms with E-state index in [-0.39, 0.29) is 4.90 Å². The Morgan fingerprint density at radius 2 is 1.59 bits per heavy atom. The first-order chi connectivity index (χ1) is 10.3. The van der Waals surface area contributed by atoms with E-state index in [4.69, 9.17) is 23.2 Å². The third kappa shape index (κ3) is 4.15. The van der Waals surface area contributed by atoms with Gasteiger partial charge in [-0.1, -0.05) is 49.2 Å². The number of halogens is 2. The minimum absolute atomic E-state index is 0.204. The Kier molecular flexibility index (Phi) is 5.37. The van der Waals surface area contributed by atoms with Crippen molar-refractivity contribution in [2.75, 3.05) is 4.72 Å². The van der Waals surface area contributed by atoms with Crippen LogP contribution in [0.2, 0.25) is 10.0 Å². The molecular formula is C16H17Cl2NO2S. The van der Waals surface area contributed by atoms with Gasteiger partial charge in [-0.2, -0.15) is 0 Å². The lowest BCUT2D eigenvalue weighted by Crippen LogP contribution is -2.13. The van der Waals surface area contributed by atoms with Crippen molar-refractivity contribution < 1.29 is 8.42 Å². The molecule has 22 heavy (non-hydrogen) atoms. The molecular weight excluding hydrogens is 341 g/mol. The van der Waals surface area contributed by atoms with Crippen LogP contribution < -0.4 is 4.72 Å². The quantitative estimate of drug-likeness (QED) is 0.788. The largest absolute Gasteiger partial charge is 0.280 e. The monoisotopic (exact) mass is 357 g/mol. The normalized spacial score (nSPS) is 12.9. The van der Waals surface area contributed by atoms with Crippen LogP contribution in [0.5, 0.6) is 0 Å². The number of rotatable bonds is 5. The van der Waals surface area contributed by atoms with E-state index in [1.165, 1.54) is 12.1 Å². The third-order valence-electron chi connectivity index (χ3n) is 3.49. The molecule has 2 aromatic carbocycles. The summed E-state index contributed by atoms with van der Waals surface area (Å²) < 4.78 is 27.2. The van der Waals surface area contributed by atoms with Crippen molar-refractivity contribution in [3.8, 4) is 0 Å². The summed E-state index contributed by atoms with van der Waals surface area (Å²) in [6.07, 6.45) is 1.01. The molecule has 0 amide bonds. The van der Waals surface area contributed by atoms with E-state index in [0.29, 0.717) is 21.7 Å². The number of sulfonamides is 1. The van der Waals surface area contributed by atoms with Crippen LogP contribution in [0.15, 0.2) is 47.4 Å². The van der Waals surface area contributed by atoms with Crippen molar-refractivity contribution in [3.63, 3.8) is 0 Å². The first-order valence-corrected chi connectivity index (χ1v) is 9.14. The average molecular weight is 358 g/mol. The molecule has 118 valence electrons. The molecule has 0 aromatic heterocycles. The summed E-state index contributed by atoms with van der Waals surface area (Å²) in [6, 6.07) is 11.5. The lowest BCUT2D eigenvalue weighted by Gasteiger charge is -2.12. The molecule has 1 N–H and O–H groups in total. The summed E-state index contributed by atoms with van der Waals surface area (Å²) >= 11 is 11.8. The Bertz CT molecular complexity index is 738. The molecule has 0 fully saturated rings. The highest BCUT2D eigenvalue weighted by molar-refractivity contribution is 7.92. The van der Waals surface area contributed by atoms with Gasteiger partial charge in [-0.25, -0.2) is 8.42 Å². The zero-order valence-corrected chi connectivity index (χ0v) is 14.6. The summed E-state index contributed by atoms with van der Waals surface area (Å²) in [5.41, 5.74) is 1.45. The maximum absolute atomic E-state index is 12.4. The molecule has 0 spiro atoms. The second-order valence-corrected chi connectivity index (χ2v) is 7.70. The maximum Gasteiger partial charge on any atom is 0.261 e. The van der Waals surface area contributed by atoms with Gasteiger partial charge >= 0.3 is 0 Å². The van der Waals surface area contributed by atoms with Crippen LogP contribution in [0.1, 0.15) is 31.7 Å². The van der Waals surface area contributed by atoms with Crippen molar-refractivity contribution in [2.24, 2.45) is 0 Å². The van der Waals surface area contributed by atoms with Crippen LogP contribution in [0.3, 0.4) is 0 Å². The van der Waals surface area contributed by atoms with Crippen LogP contribution in [0, 0.1) is 0 Å². The van der Waals surface area contributed by atoms with Gasteiger partial charge in [0.15, 0.2) is 0 Å². The summed E-state index contributed by atoms with van der Waals surface area (Å²) in [7, 11) is -3.66. The van der Waals surface area contributed by atoms with Crippen LogP contribution in [0.25, 0.3) is 0 Å². The number of nitrogens with one attached hydrogen (secondary N) is 1. The third-order valence-corrected chi connectivity index (χ3v) is 5.32. The lowest BCUT2D eigenvalue weighted by molar-refractivity contribution is 0.601. The van der Waals surface area contributed by atoms with Gasteiger partial charge in [0, 0.05) is 10.0 Å². The summed E-state index contributed by atoms with van der Waals surface area (Å²) in [6.45, 7) is 4.20. The molecule has 0 heterocycles. The fraction of sp³-hybridized carbons (Fsp3) is 0.250. The zero-order chi connectivity index (χ0) is 16.3. The molecule has 3 nitrogen and oxygen atoms in total. The van der Waals surface area contributed by atoms with E-state index in [1.807, 2.05) is 12.1 Å². The molecule has 0 saturated heterocycles. The van der Waals surface area contributed by atoms with Gasteiger partial charge in [-0.15, -0.1) is 0 Å². The smallest absolute Gasteiger partial charge is 0.261 e. The summed E-state index contributed by atoms with van der Waals surface area (Å²) in [5.74, 6) is 0.399. The second-order valence-electron chi connectivity index (χ2n) is 5.14. The van der Waals surface area contributed by atoms with Gasteiger partial charge in [0.25, 0.3) is 10.0 Å². The van der Waals surface area contributed by atoms with Gasteiger partial charge in [-0.3, -0.25) is 4.72 Å². The van der Waals surface area contributed by atoms with Gasteiger partial charge in [0.2, 0.25) is 0 Å². The molecule has 0 aliphatic rings. The van der Waals surface area contributed by atoms with Crippen LogP contribution in [0.4, 0.5) is 5.69 Å². The van der Waals surface area contributed by atoms with E-state index in [0.717, 1.165) is 12.0 Å². The van der Waals surface area contributed by atoms with Crippen molar-refractivity contribution in [1.29, 1.82) is 0 Å². The molecule has 1 atom stereocenters. The first-order valence-electron chi connectivity index (χ1n) is 6.90. The Labute approximate surface area is 141 Å². The fourth-order valence-electron chi connectivity index (χ4n) is 2.04. The topological polar surface area (TPSA) is 46.2 Å². The van der Waals surface area contributed by atoms with E-state index in [9.17, 15) is 8.42 Å². The molecule has 2 aromatic rings. The SMILES string of the molecule is CCC(C)c1ccc(S(=O)(=O)Nc2cc(Cl)cc(Cl)c2)cc1. The molecule has 6 heteroatoms. The highest BCUT2D eigenvalue weighted by Crippen LogP contribution is 2.25. The van der Waals surface area contributed by atoms with Crippen molar-refractivity contribution in [1.82, 2.24) is 0 Å². The number of anilines is 1. The van der Waals surface area contributed by atoms with E-state index >= 15 is 0 Å². The van der Waals surface area contributed by atoms with Gasteiger partial charge in [0.05, 0.1) is 10.6 Å². The molecule has 2 rings (SSSR count). The average Bonchev–Trinajstić information content (AvgIpc) is 2.45. The van der Waals surface area contributed by atoms with E-state index in [2.05, 4.69) is 18.6 Å². The molecule has 0 radical (unpaired) electrons. The molecule has 0 aliphatic heterocycles. The number of benzene rings is 2. The minimum atomic E-state index is -3.66. The predicted molar refractivity (Wildman–Crippen MR) is 92.4 cm³/mol. The van der Waals surface area contributed by atoms with E-state index in [1.54, 1.807) is 18.2 Å². The van der Waals surface area contributed by atoms with Crippen LogP contribution >= 0.6 is 23.2 Å². The predicted octanol–water partition coefficient (Wildman–Crippen LogP) is 5.31. The van der Waals surface area contributed by atoms with Crippen LogP contribution in [-0.4, -0.2) is 8.42 Å². The van der Waals surface area contributed by atoms with Gasteiger partial charge in [-0.05, 0) is 48.2 Å². The molecule has 1 unspecified atom stereocenters. The van der Waals surface area contributed by atoms with Crippen molar-refractivity contribution >= 4 is 38.9 Å². The number of hydrogen-bond donors (Lipinski definition) is 1. The van der Waals surface area contributed by atoms with Gasteiger partial charge < -0.3 is 0 Å². The minimum Gasteiger partial charge on any atom is -0.280 e. The summed E-state index contributed by atoms with van der Waals surface area (Å²) in [5, 5.41) is 0.745. The highest BCUT2D eigenvalue weighted by atomic mass is 35.5. The molecule has 0 aliphatic carbocycles. The Morgan fingerprint density at radius 1 is 1.05 bits per heavy atom. The highest BCUT2D eigenvalue weighted by Gasteiger charge is 2.15. The fourth-order valence-corrected chi connectivity index (χ4v) is 3.60. The number of hydrogen-bond acceptors (Lipinski definition) is 2. The Hall–Kier alpha value is -1.23. The Balaban J connectivity index is 2.26. The Morgan fingerprint density at radius 3 is 2.09 bits per heavy atom. The van der Waals surface area contributed by atoms with Gasteiger partial charge in [0.1, 0.15) is 0 Å². The van der Waals surface area contributed by atoms with E-state index < -0.39 is 10.0 Å². The van der Waals surface area contributed by atoms with Crippen LogP contribution in [-0.2, 0) is 10.0 Å². The van der Waals surface area contributed by atoms with Crippen molar-refractivity contribution in [3.05, 3.63) is 58.1 Å². The first kappa shape index (κ1) is 17.1. The second kappa shape index (κ2) is 6.90. The maximum atomic E-state index is 12.4. The standard InChI is InChI=1S/C16H17Cl2NO2S/c1-3-11(2)12-4-6-16(7-5-12)22(20,21)19-15-9-13(17)8-14(18)10-15/h4-11,19H,3H2,1-2H3. The molecule has 0 saturated carbocycles. The summed E-state index contributed by atoms with van der Waals surface area (Å²) in [4.78, 5) is 0.204.